The van der Waals surface area contributed by atoms with Crippen LogP contribution in [0.15, 0.2) is 29.6 Å². The van der Waals surface area contributed by atoms with Gasteiger partial charge in [-0.15, -0.1) is 11.3 Å². The molecule has 0 saturated heterocycles. The third-order valence-electron chi connectivity index (χ3n) is 4.07. The molecule has 25 heavy (non-hydrogen) atoms. The van der Waals surface area contributed by atoms with E-state index in [1.165, 1.54) is 17.5 Å². The van der Waals surface area contributed by atoms with Gasteiger partial charge in [0, 0.05) is 17.5 Å². The quantitative estimate of drug-likeness (QED) is 0.845. The van der Waals surface area contributed by atoms with E-state index in [4.69, 9.17) is 5.11 Å². The molecule has 0 spiro atoms. The molecule has 2 N–H and O–H groups in total. The number of thiazole rings is 1. The molecule has 1 aromatic carbocycles. The minimum absolute atomic E-state index is 0.0115. The van der Waals surface area contributed by atoms with Crippen molar-refractivity contribution in [3.8, 4) is 10.6 Å². The molecule has 1 heterocycles. The van der Waals surface area contributed by atoms with Crippen molar-refractivity contribution in [2.24, 2.45) is 5.41 Å². The summed E-state index contributed by atoms with van der Waals surface area (Å²) >= 11 is 1.05. The summed E-state index contributed by atoms with van der Waals surface area (Å²) in [6, 6.07) is 4.71. The molecule has 0 atom stereocenters. The number of nitrogens with one attached hydrogen (secondary N) is 1. The first-order chi connectivity index (χ1) is 11.7. The third-order valence-corrected chi connectivity index (χ3v) is 4.96. The van der Waals surface area contributed by atoms with Crippen LogP contribution >= 0.6 is 11.3 Å². The summed E-state index contributed by atoms with van der Waals surface area (Å²) in [7, 11) is 0. The van der Waals surface area contributed by atoms with Crippen molar-refractivity contribution < 1.29 is 27.9 Å². The van der Waals surface area contributed by atoms with Crippen molar-refractivity contribution in [3.05, 3.63) is 40.9 Å². The summed E-state index contributed by atoms with van der Waals surface area (Å²) in [4.78, 5) is 27.2. The highest BCUT2D eigenvalue weighted by atomic mass is 32.1. The van der Waals surface area contributed by atoms with Crippen molar-refractivity contribution in [2.45, 2.75) is 19.0 Å². The number of carboxylic acids is 1. The van der Waals surface area contributed by atoms with Gasteiger partial charge in [-0.3, -0.25) is 9.59 Å². The van der Waals surface area contributed by atoms with E-state index in [1.807, 2.05) is 0 Å². The largest absolute Gasteiger partial charge is 0.481 e. The number of hydrogen-bond donors (Lipinski definition) is 2. The Kier molecular flexibility index (Phi) is 4.28. The minimum Gasteiger partial charge on any atom is -0.481 e. The highest BCUT2D eigenvalue weighted by Gasteiger charge is 2.50. The Bertz CT molecular complexity index is 828. The molecule has 1 aromatic heterocycles. The van der Waals surface area contributed by atoms with E-state index < -0.39 is 29.0 Å². The summed E-state index contributed by atoms with van der Waals surface area (Å²) in [6.45, 7) is 0.0115. The van der Waals surface area contributed by atoms with Crippen molar-refractivity contribution in [1.29, 1.82) is 0 Å². The fourth-order valence-corrected chi connectivity index (χ4v) is 3.09. The highest BCUT2D eigenvalue weighted by Crippen LogP contribution is 2.45. The topological polar surface area (TPSA) is 79.3 Å². The Balaban J connectivity index is 1.72. The van der Waals surface area contributed by atoms with Gasteiger partial charge in [0.05, 0.1) is 11.0 Å². The number of benzene rings is 1. The fourth-order valence-electron chi connectivity index (χ4n) is 2.30. The van der Waals surface area contributed by atoms with Gasteiger partial charge in [-0.1, -0.05) is 12.1 Å². The van der Waals surface area contributed by atoms with E-state index in [0.29, 0.717) is 12.8 Å². The van der Waals surface area contributed by atoms with Gasteiger partial charge in [-0.2, -0.15) is 13.2 Å². The average Bonchev–Trinajstić information content (AvgIpc) is 3.20. The SMILES string of the molecule is O=C(NCC1(C(=O)O)CC1)c1csc(-c2cccc(C(F)(F)F)c2)n1. The Labute approximate surface area is 144 Å². The van der Waals surface area contributed by atoms with Crippen molar-refractivity contribution in [3.63, 3.8) is 0 Å². The normalized spacial score (nSPS) is 15.6. The van der Waals surface area contributed by atoms with Crippen LogP contribution in [0.2, 0.25) is 0 Å². The number of amides is 1. The average molecular weight is 370 g/mol. The lowest BCUT2D eigenvalue weighted by atomic mass is 10.1. The van der Waals surface area contributed by atoms with Gasteiger partial charge in [0.2, 0.25) is 0 Å². The lowest BCUT2D eigenvalue weighted by Crippen LogP contribution is -2.34. The summed E-state index contributed by atoms with van der Waals surface area (Å²) in [5.41, 5.74) is -1.36. The van der Waals surface area contributed by atoms with Crippen LogP contribution in [0.25, 0.3) is 10.6 Å². The van der Waals surface area contributed by atoms with E-state index in [2.05, 4.69) is 10.3 Å². The van der Waals surface area contributed by atoms with Crippen molar-refractivity contribution in [2.75, 3.05) is 6.54 Å². The molecule has 1 fully saturated rings. The Hall–Kier alpha value is -2.42. The Morgan fingerprint density at radius 1 is 1.32 bits per heavy atom. The predicted molar refractivity (Wildman–Crippen MR) is 84.2 cm³/mol. The molecule has 0 unspecified atom stereocenters. The molecule has 1 aliphatic rings. The van der Waals surface area contributed by atoms with Gasteiger partial charge in [-0.25, -0.2) is 4.98 Å². The molecule has 0 aliphatic heterocycles. The summed E-state index contributed by atoms with van der Waals surface area (Å²) in [6.07, 6.45) is -3.44. The number of aromatic nitrogens is 1. The lowest BCUT2D eigenvalue weighted by molar-refractivity contribution is -0.143. The zero-order valence-electron chi connectivity index (χ0n) is 12.8. The molecule has 132 valence electrons. The fraction of sp³-hybridized carbons (Fsp3) is 0.312. The van der Waals surface area contributed by atoms with Gasteiger partial charge in [0.1, 0.15) is 10.7 Å². The maximum atomic E-state index is 12.8. The summed E-state index contributed by atoms with van der Waals surface area (Å²) in [5, 5.41) is 13.3. The minimum atomic E-state index is -4.46. The number of hydrogen-bond acceptors (Lipinski definition) is 4. The van der Waals surface area contributed by atoms with Crippen molar-refractivity contribution in [1.82, 2.24) is 10.3 Å². The van der Waals surface area contributed by atoms with Gasteiger partial charge in [0.15, 0.2) is 0 Å². The molecule has 5 nitrogen and oxygen atoms in total. The van der Waals surface area contributed by atoms with Crippen LogP contribution in [0.4, 0.5) is 13.2 Å². The van der Waals surface area contributed by atoms with Crippen LogP contribution in [-0.2, 0) is 11.0 Å². The smallest absolute Gasteiger partial charge is 0.416 e. The first-order valence-electron chi connectivity index (χ1n) is 7.36. The summed E-state index contributed by atoms with van der Waals surface area (Å²) in [5.74, 6) is -1.49. The number of alkyl halides is 3. The van der Waals surface area contributed by atoms with E-state index in [-0.39, 0.29) is 22.8 Å². The van der Waals surface area contributed by atoms with E-state index in [1.54, 1.807) is 0 Å². The third kappa shape index (κ3) is 3.65. The number of carbonyl (C=O) groups excluding carboxylic acids is 1. The van der Waals surface area contributed by atoms with Crippen molar-refractivity contribution >= 4 is 23.2 Å². The molecule has 1 saturated carbocycles. The molecule has 0 radical (unpaired) electrons. The van der Waals surface area contributed by atoms with Crippen LogP contribution in [0.1, 0.15) is 28.9 Å². The number of aliphatic carboxylic acids is 1. The molecular formula is C16H13F3N2O3S. The second kappa shape index (κ2) is 6.14. The standard InChI is InChI=1S/C16H13F3N2O3S/c17-16(18,19)10-3-1-2-9(6-10)13-21-11(7-25-13)12(22)20-8-15(4-5-15)14(23)24/h1-3,6-7H,4-5,8H2,(H,20,22)(H,23,24). The molecule has 1 aliphatic carbocycles. The van der Waals surface area contributed by atoms with Crippen LogP contribution in [0, 0.1) is 5.41 Å². The predicted octanol–water partition coefficient (Wildman–Crippen LogP) is 3.42. The maximum Gasteiger partial charge on any atom is 0.416 e. The van der Waals surface area contributed by atoms with Crippen LogP contribution < -0.4 is 5.32 Å². The molecule has 2 aromatic rings. The second-order valence-electron chi connectivity index (χ2n) is 5.88. The first kappa shape index (κ1) is 17.4. The molecule has 0 bridgehead atoms. The summed E-state index contributed by atoms with van der Waals surface area (Å²) < 4.78 is 38.3. The zero-order valence-corrected chi connectivity index (χ0v) is 13.6. The van der Waals surface area contributed by atoms with E-state index >= 15 is 0 Å². The maximum absolute atomic E-state index is 12.8. The van der Waals surface area contributed by atoms with Crippen LogP contribution in [0.5, 0.6) is 0 Å². The monoisotopic (exact) mass is 370 g/mol. The molecule has 1 amide bonds. The molecule has 9 heteroatoms. The van der Waals surface area contributed by atoms with Gasteiger partial charge < -0.3 is 10.4 Å². The Morgan fingerprint density at radius 2 is 2.04 bits per heavy atom. The van der Waals surface area contributed by atoms with E-state index in [9.17, 15) is 22.8 Å². The number of rotatable bonds is 5. The highest BCUT2D eigenvalue weighted by molar-refractivity contribution is 7.13. The number of carboxylic acid groups (broad SMARTS) is 1. The zero-order chi connectivity index (χ0) is 18.2. The first-order valence-corrected chi connectivity index (χ1v) is 8.24. The van der Waals surface area contributed by atoms with Gasteiger partial charge >= 0.3 is 12.1 Å². The van der Waals surface area contributed by atoms with Gasteiger partial charge in [-0.05, 0) is 25.0 Å². The number of carbonyl (C=O) groups is 2. The van der Waals surface area contributed by atoms with Gasteiger partial charge in [0.25, 0.3) is 5.91 Å². The number of nitrogens with zero attached hydrogens (tertiary/aromatic N) is 1. The second-order valence-corrected chi connectivity index (χ2v) is 6.74. The molecule has 3 rings (SSSR count). The van der Waals surface area contributed by atoms with Crippen LogP contribution in [0.3, 0.4) is 0 Å². The van der Waals surface area contributed by atoms with Crippen LogP contribution in [-0.4, -0.2) is 28.5 Å². The molecular weight excluding hydrogens is 357 g/mol. The van der Waals surface area contributed by atoms with E-state index in [0.717, 1.165) is 23.5 Å². The Morgan fingerprint density at radius 3 is 2.64 bits per heavy atom. The lowest BCUT2D eigenvalue weighted by Gasteiger charge is -2.09. The number of halogens is 3.